The summed E-state index contributed by atoms with van der Waals surface area (Å²) in [4.78, 5) is 22.8. The van der Waals surface area contributed by atoms with Crippen LogP contribution < -0.4 is 10.6 Å². The second kappa shape index (κ2) is 7.94. The molecule has 4 heteroatoms. The molecule has 0 bridgehead atoms. The van der Waals surface area contributed by atoms with Crippen molar-refractivity contribution >= 4 is 23.2 Å². The van der Waals surface area contributed by atoms with E-state index < -0.39 is 0 Å². The molecule has 0 aliphatic rings. The van der Waals surface area contributed by atoms with Gasteiger partial charge in [-0.05, 0) is 31.0 Å². The fourth-order valence-corrected chi connectivity index (χ4v) is 1.71. The third-order valence-corrected chi connectivity index (χ3v) is 2.62. The molecule has 20 heavy (non-hydrogen) atoms. The summed E-state index contributed by atoms with van der Waals surface area (Å²) in [5, 5.41) is 5.53. The van der Waals surface area contributed by atoms with Crippen LogP contribution in [0, 0.1) is 0 Å². The number of carbonyl (C=O) groups excluding carboxylic acids is 2. The first-order valence-electron chi connectivity index (χ1n) is 6.57. The number of amides is 2. The van der Waals surface area contributed by atoms with Gasteiger partial charge in [-0.2, -0.15) is 0 Å². The molecule has 0 aliphatic heterocycles. The van der Waals surface area contributed by atoms with Crippen molar-refractivity contribution < 1.29 is 9.59 Å². The Hall–Kier alpha value is -2.36. The molecule has 0 spiro atoms. The Morgan fingerprint density at radius 2 is 1.95 bits per heavy atom. The molecule has 2 amide bonds. The van der Waals surface area contributed by atoms with Crippen LogP contribution >= 0.6 is 0 Å². The van der Waals surface area contributed by atoms with Crippen LogP contribution in [-0.4, -0.2) is 11.8 Å². The quantitative estimate of drug-likeness (QED) is 0.638. The molecular weight excluding hydrogens is 252 g/mol. The first-order valence-corrected chi connectivity index (χ1v) is 6.57. The van der Waals surface area contributed by atoms with Crippen molar-refractivity contribution in [2.75, 3.05) is 10.6 Å². The van der Waals surface area contributed by atoms with Crippen LogP contribution in [-0.2, 0) is 16.0 Å². The monoisotopic (exact) mass is 272 g/mol. The number of nitrogens with one attached hydrogen (secondary N) is 2. The summed E-state index contributed by atoms with van der Waals surface area (Å²) in [7, 11) is 0. The van der Waals surface area contributed by atoms with Gasteiger partial charge in [0, 0.05) is 24.4 Å². The normalized spacial score (nSPS) is 10.9. The zero-order valence-corrected chi connectivity index (χ0v) is 12.1. The van der Waals surface area contributed by atoms with Gasteiger partial charge in [-0.3, -0.25) is 9.59 Å². The zero-order chi connectivity index (χ0) is 15.0. The molecule has 0 aliphatic carbocycles. The standard InChI is InChI=1S/C16H20N2O2/c1-4-6-7-8-16(20)18-15-11-14(17-12(3)19)10-9-13(15)5-2/h4,6-11H,5H2,1-3H3,(H,17,19)(H,18,20)/b6-4+,8-7+. The van der Waals surface area contributed by atoms with E-state index in [-0.39, 0.29) is 11.8 Å². The van der Waals surface area contributed by atoms with Gasteiger partial charge in [-0.15, -0.1) is 0 Å². The van der Waals surface area contributed by atoms with E-state index in [1.807, 2.05) is 32.1 Å². The third kappa shape index (κ3) is 5.10. The molecule has 0 saturated heterocycles. The number of rotatable bonds is 5. The minimum atomic E-state index is -0.197. The number of anilines is 2. The van der Waals surface area contributed by atoms with Crippen molar-refractivity contribution in [1.82, 2.24) is 0 Å². The zero-order valence-electron chi connectivity index (χ0n) is 12.1. The minimum Gasteiger partial charge on any atom is -0.326 e. The summed E-state index contributed by atoms with van der Waals surface area (Å²) in [5.74, 6) is -0.336. The Labute approximate surface area is 119 Å². The van der Waals surface area contributed by atoms with E-state index in [2.05, 4.69) is 10.6 Å². The van der Waals surface area contributed by atoms with E-state index in [1.54, 1.807) is 18.2 Å². The van der Waals surface area contributed by atoms with Crippen molar-refractivity contribution in [2.45, 2.75) is 27.2 Å². The summed E-state index contributed by atoms with van der Waals surface area (Å²) < 4.78 is 0. The van der Waals surface area contributed by atoms with Crippen LogP contribution in [0.4, 0.5) is 11.4 Å². The van der Waals surface area contributed by atoms with Gasteiger partial charge < -0.3 is 10.6 Å². The van der Waals surface area contributed by atoms with E-state index >= 15 is 0 Å². The minimum absolute atomic E-state index is 0.139. The molecule has 0 saturated carbocycles. The van der Waals surface area contributed by atoms with Crippen molar-refractivity contribution in [3.8, 4) is 0 Å². The van der Waals surface area contributed by atoms with Crippen molar-refractivity contribution in [1.29, 1.82) is 0 Å². The Balaban J connectivity index is 2.90. The molecule has 106 valence electrons. The number of aryl methyl sites for hydroxylation is 1. The van der Waals surface area contributed by atoms with Crippen LogP contribution in [0.5, 0.6) is 0 Å². The van der Waals surface area contributed by atoms with Crippen molar-refractivity contribution in [3.63, 3.8) is 0 Å². The largest absolute Gasteiger partial charge is 0.326 e. The molecule has 1 aromatic carbocycles. The fraction of sp³-hybridized carbons (Fsp3) is 0.250. The van der Waals surface area contributed by atoms with Crippen LogP contribution in [0.3, 0.4) is 0 Å². The summed E-state index contributed by atoms with van der Waals surface area (Å²) in [5.41, 5.74) is 2.41. The highest BCUT2D eigenvalue weighted by atomic mass is 16.2. The van der Waals surface area contributed by atoms with Crippen molar-refractivity contribution in [3.05, 3.63) is 48.1 Å². The maximum absolute atomic E-state index is 11.8. The van der Waals surface area contributed by atoms with Gasteiger partial charge in [0.2, 0.25) is 11.8 Å². The number of carbonyl (C=O) groups is 2. The lowest BCUT2D eigenvalue weighted by Gasteiger charge is -2.11. The van der Waals surface area contributed by atoms with Crippen LogP contribution in [0.2, 0.25) is 0 Å². The average molecular weight is 272 g/mol. The predicted octanol–water partition coefficient (Wildman–Crippen LogP) is 3.28. The van der Waals surface area contributed by atoms with E-state index in [0.717, 1.165) is 12.0 Å². The second-order valence-corrected chi connectivity index (χ2v) is 4.28. The van der Waals surface area contributed by atoms with Gasteiger partial charge in [0.15, 0.2) is 0 Å². The Morgan fingerprint density at radius 1 is 1.20 bits per heavy atom. The lowest BCUT2D eigenvalue weighted by molar-refractivity contribution is -0.114. The van der Waals surface area contributed by atoms with E-state index in [1.165, 1.54) is 13.0 Å². The molecule has 0 fully saturated rings. The number of allylic oxidation sites excluding steroid dienone is 3. The Bertz CT molecular complexity index is 545. The molecule has 1 rings (SSSR count). The van der Waals surface area contributed by atoms with Gasteiger partial charge in [-0.25, -0.2) is 0 Å². The lowest BCUT2D eigenvalue weighted by Crippen LogP contribution is -2.11. The highest BCUT2D eigenvalue weighted by molar-refractivity contribution is 6.00. The molecule has 0 atom stereocenters. The van der Waals surface area contributed by atoms with E-state index in [9.17, 15) is 9.59 Å². The highest BCUT2D eigenvalue weighted by Gasteiger charge is 2.06. The molecular formula is C16H20N2O2. The number of hydrogen-bond acceptors (Lipinski definition) is 2. The van der Waals surface area contributed by atoms with Crippen LogP contribution in [0.15, 0.2) is 42.5 Å². The summed E-state index contributed by atoms with van der Waals surface area (Å²) in [6.07, 6.45) is 7.57. The topological polar surface area (TPSA) is 58.2 Å². The average Bonchev–Trinajstić information content (AvgIpc) is 2.38. The first kappa shape index (κ1) is 15.7. The molecule has 0 radical (unpaired) electrons. The number of benzene rings is 1. The van der Waals surface area contributed by atoms with Gasteiger partial charge in [0.05, 0.1) is 0 Å². The van der Waals surface area contributed by atoms with Gasteiger partial charge >= 0.3 is 0 Å². The van der Waals surface area contributed by atoms with Crippen molar-refractivity contribution in [2.24, 2.45) is 0 Å². The smallest absolute Gasteiger partial charge is 0.248 e. The van der Waals surface area contributed by atoms with Crippen LogP contribution in [0.1, 0.15) is 26.3 Å². The second-order valence-electron chi connectivity index (χ2n) is 4.28. The molecule has 1 aromatic rings. The lowest BCUT2D eigenvalue weighted by atomic mass is 10.1. The Kier molecular flexibility index (Phi) is 6.23. The molecule has 2 N–H and O–H groups in total. The summed E-state index contributed by atoms with van der Waals surface area (Å²) in [6, 6.07) is 5.49. The number of hydrogen-bond donors (Lipinski definition) is 2. The van der Waals surface area contributed by atoms with Gasteiger partial charge in [0.1, 0.15) is 0 Å². The van der Waals surface area contributed by atoms with Crippen LogP contribution in [0.25, 0.3) is 0 Å². The third-order valence-electron chi connectivity index (χ3n) is 2.62. The fourth-order valence-electron chi connectivity index (χ4n) is 1.71. The molecule has 0 heterocycles. The molecule has 0 unspecified atom stereocenters. The highest BCUT2D eigenvalue weighted by Crippen LogP contribution is 2.21. The van der Waals surface area contributed by atoms with Gasteiger partial charge in [0.25, 0.3) is 0 Å². The maximum Gasteiger partial charge on any atom is 0.248 e. The SMILES string of the molecule is C/C=C/C=C/C(=O)Nc1cc(NC(C)=O)ccc1CC. The van der Waals surface area contributed by atoms with E-state index in [4.69, 9.17) is 0 Å². The van der Waals surface area contributed by atoms with Gasteiger partial charge in [-0.1, -0.05) is 31.2 Å². The Morgan fingerprint density at radius 3 is 2.55 bits per heavy atom. The van der Waals surface area contributed by atoms with E-state index in [0.29, 0.717) is 11.4 Å². The predicted molar refractivity (Wildman–Crippen MR) is 82.7 cm³/mol. The molecule has 0 aromatic heterocycles. The summed E-state index contributed by atoms with van der Waals surface area (Å²) in [6.45, 7) is 5.35. The maximum atomic E-state index is 11.8. The molecule has 4 nitrogen and oxygen atoms in total. The summed E-state index contributed by atoms with van der Waals surface area (Å²) >= 11 is 0. The first-order chi connectivity index (χ1) is 9.56.